The van der Waals surface area contributed by atoms with Crippen LogP contribution in [-0.2, 0) is 4.74 Å². The Bertz CT molecular complexity index is 218. The fourth-order valence-electron chi connectivity index (χ4n) is 3.17. The number of rotatable bonds is 3. The summed E-state index contributed by atoms with van der Waals surface area (Å²) in [5, 5.41) is 10.3. The third-order valence-corrected chi connectivity index (χ3v) is 4.41. The quantitative estimate of drug-likeness (QED) is 0.754. The molecule has 2 nitrogen and oxygen atoms in total. The maximum absolute atomic E-state index is 10.3. The van der Waals surface area contributed by atoms with Crippen molar-refractivity contribution >= 4 is 0 Å². The Morgan fingerprint density at radius 3 is 2.36 bits per heavy atom. The van der Waals surface area contributed by atoms with Crippen LogP contribution in [0, 0.1) is 11.3 Å². The highest BCUT2D eigenvalue weighted by atomic mass is 16.5. The first-order valence-corrected chi connectivity index (χ1v) is 5.84. The van der Waals surface area contributed by atoms with Crippen molar-refractivity contribution in [2.75, 3.05) is 6.61 Å². The second-order valence-corrected chi connectivity index (χ2v) is 5.51. The zero-order valence-electron chi connectivity index (χ0n) is 9.55. The van der Waals surface area contributed by atoms with Gasteiger partial charge in [-0.3, -0.25) is 0 Å². The lowest BCUT2D eigenvalue weighted by Gasteiger charge is -2.60. The topological polar surface area (TPSA) is 29.5 Å². The predicted molar refractivity (Wildman–Crippen MR) is 56.1 cm³/mol. The van der Waals surface area contributed by atoms with Crippen LogP contribution in [0.4, 0.5) is 0 Å². The lowest BCUT2D eigenvalue weighted by atomic mass is 9.50. The van der Waals surface area contributed by atoms with E-state index in [1.54, 1.807) is 0 Å². The standard InChI is InChI=1S/C12H22O2/c1-4-14-10-8-9(11(10,2)3)12(13)6-5-7-12/h9-10,13H,4-8H2,1-3H3. The Hall–Kier alpha value is -0.0800. The number of hydrogen-bond acceptors (Lipinski definition) is 2. The van der Waals surface area contributed by atoms with Crippen molar-refractivity contribution < 1.29 is 9.84 Å². The van der Waals surface area contributed by atoms with Crippen LogP contribution in [0.1, 0.15) is 46.5 Å². The van der Waals surface area contributed by atoms with Gasteiger partial charge in [-0.25, -0.2) is 0 Å². The molecule has 2 unspecified atom stereocenters. The minimum atomic E-state index is -0.350. The Kier molecular flexibility index (Phi) is 2.39. The molecular weight excluding hydrogens is 176 g/mol. The SMILES string of the molecule is CCOC1CC(C2(O)CCC2)C1(C)C. The highest BCUT2D eigenvalue weighted by molar-refractivity contribution is 5.09. The molecule has 2 aliphatic rings. The molecule has 0 aromatic heterocycles. The van der Waals surface area contributed by atoms with E-state index in [-0.39, 0.29) is 11.0 Å². The first kappa shape index (κ1) is 10.4. The summed E-state index contributed by atoms with van der Waals surface area (Å²) in [6.07, 6.45) is 4.61. The molecule has 2 saturated carbocycles. The lowest BCUT2D eigenvalue weighted by molar-refractivity contribution is -0.226. The van der Waals surface area contributed by atoms with Crippen molar-refractivity contribution in [2.45, 2.75) is 58.2 Å². The van der Waals surface area contributed by atoms with Crippen LogP contribution in [0.5, 0.6) is 0 Å². The molecule has 2 aliphatic carbocycles. The maximum atomic E-state index is 10.3. The zero-order valence-corrected chi connectivity index (χ0v) is 9.55. The Balaban J connectivity index is 1.98. The molecule has 0 heterocycles. The van der Waals surface area contributed by atoms with Crippen LogP contribution in [0.3, 0.4) is 0 Å². The second kappa shape index (κ2) is 3.21. The molecule has 1 N–H and O–H groups in total. The summed E-state index contributed by atoms with van der Waals surface area (Å²) in [4.78, 5) is 0. The molecule has 2 atom stereocenters. The van der Waals surface area contributed by atoms with Gasteiger partial charge in [0.05, 0.1) is 11.7 Å². The molecule has 2 fully saturated rings. The normalized spacial score (nSPS) is 38.6. The molecule has 0 amide bonds. The summed E-state index contributed by atoms with van der Waals surface area (Å²) in [5.74, 6) is 0.459. The van der Waals surface area contributed by atoms with Gasteiger partial charge in [0.25, 0.3) is 0 Å². The molecule has 0 saturated heterocycles. The van der Waals surface area contributed by atoms with Crippen LogP contribution in [0.2, 0.25) is 0 Å². The minimum absolute atomic E-state index is 0.172. The van der Waals surface area contributed by atoms with E-state index in [4.69, 9.17) is 4.74 Å². The van der Waals surface area contributed by atoms with Gasteiger partial charge < -0.3 is 9.84 Å². The third-order valence-electron chi connectivity index (χ3n) is 4.41. The molecule has 82 valence electrons. The summed E-state index contributed by atoms with van der Waals surface area (Å²) < 4.78 is 5.68. The molecule has 14 heavy (non-hydrogen) atoms. The van der Waals surface area contributed by atoms with E-state index in [2.05, 4.69) is 13.8 Å². The van der Waals surface area contributed by atoms with Gasteiger partial charge in [0.1, 0.15) is 0 Å². The average molecular weight is 198 g/mol. The fourth-order valence-corrected chi connectivity index (χ4v) is 3.17. The van der Waals surface area contributed by atoms with Crippen molar-refractivity contribution in [3.8, 4) is 0 Å². The highest BCUT2D eigenvalue weighted by Gasteiger charge is 2.59. The molecule has 2 heteroatoms. The summed E-state index contributed by atoms with van der Waals surface area (Å²) in [6.45, 7) is 7.30. The third kappa shape index (κ3) is 1.31. The summed E-state index contributed by atoms with van der Waals surface area (Å²) >= 11 is 0. The molecule has 0 bridgehead atoms. The Morgan fingerprint density at radius 2 is 2.00 bits per heavy atom. The summed E-state index contributed by atoms with van der Waals surface area (Å²) in [7, 11) is 0. The molecular formula is C12H22O2. The van der Waals surface area contributed by atoms with Gasteiger partial charge in [-0.1, -0.05) is 13.8 Å². The van der Waals surface area contributed by atoms with E-state index >= 15 is 0 Å². The Morgan fingerprint density at radius 1 is 1.36 bits per heavy atom. The van der Waals surface area contributed by atoms with Crippen molar-refractivity contribution in [3.05, 3.63) is 0 Å². The largest absolute Gasteiger partial charge is 0.390 e. The minimum Gasteiger partial charge on any atom is -0.390 e. The molecule has 0 aromatic rings. The number of hydrogen-bond donors (Lipinski definition) is 1. The number of aliphatic hydroxyl groups is 1. The molecule has 0 aliphatic heterocycles. The van der Waals surface area contributed by atoms with Crippen LogP contribution < -0.4 is 0 Å². The average Bonchev–Trinajstić information content (AvgIpc) is 2.08. The predicted octanol–water partition coefficient (Wildman–Crippen LogP) is 2.35. The van der Waals surface area contributed by atoms with Crippen LogP contribution in [-0.4, -0.2) is 23.4 Å². The van der Waals surface area contributed by atoms with E-state index in [9.17, 15) is 5.11 Å². The van der Waals surface area contributed by atoms with Gasteiger partial charge in [-0.2, -0.15) is 0 Å². The first-order valence-electron chi connectivity index (χ1n) is 5.84. The van der Waals surface area contributed by atoms with E-state index in [1.165, 1.54) is 6.42 Å². The monoisotopic (exact) mass is 198 g/mol. The summed E-state index contributed by atoms with van der Waals surface area (Å²) in [6, 6.07) is 0. The van der Waals surface area contributed by atoms with Crippen molar-refractivity contribution in [1.82, 2.24) is 0 Å². The van der Waals surface area contributed by atoms with E-state index in [0.29, 0.717) is 12.0 Å². The zero-order chi connectivity index (χ0) is 10.4. The van der Waals surface area contributed by atoms with Crippen molar-refractivity contribution in [3.63, 3.8) is 0 Å². The van der Waals surface area contributed by atoms with Gasteiger partial charge in [0.2, 0.25) is 0 Å². The van der Waals surface area contributed by atoms with Crippen LogP contribution in [0.15, 0.2) is 0 Å². The number of ether oxygens (including phenoxy) is 1. The smallest absolute Gasteiger partial charge is 0.0682 e. The van der Waals surface area contributed by atoms with Gasteiger partial charge in [0.15, 0.2) is 0 Å². The van der Waals surface area contributed by atoms with Crippen LogP contribution >= 0.6 is 0 Å². The lowest BCUT2D eigenvalue weighted by Crippen LogP contribution is -2.62. The van der Waals surface area contributed by atoms with E-state index in [1.807, 2.05) is 6.92 Å². The van der Waals surface area contributed by atoms with Crippen LogP contribution in [0.25, 0.3) is 0 Å². The maximum Gasteiger partial charge on any atom is 0.0682 e. The van der Waals surface area contributed by atoms with Gasteiger partial charge in [-0.15, -0.1) is 0 Å². The highest BCUT2D eigenvalue weighted by Crippen LogP contribution is 2.58. The van der Waals surface area contributed by atoms with Crippen molar-refractivity contribution in [2.24, 2.45) is 11.3 Å². The van der Waals surface area contributed by atoms with Crippen molar-refractivity contribution in [1.29, 1.82) is 0 Å². The summed E-state index contributed by atoms with van der Waals surface area (Å²) in [5.41, 5.74) is -0.178. The molecule has 0 spiro atoms. The molecule has 0 radical (unpaired) electrons. The van der Waals surface area contributed by atoms with E-state index < -0.39 is 0 Å². The first-order chi connectivity index (χ1) is 6.50. The van der Waals surface area contributed by atoms with E-state index in [0.717, 1.165) is 25.9 Å². The van der Waals surface area contributed by atoms with Gasteiger partial charge in [0, 0.05) is 6.61 Å². The Labute approximate surface area is 86.6 Å². The van der Waals surface area contributed by atoms with Gasteiger partial charge in [-0.05, 0) is 43.9 Å². The van der Waals surface area contributed by atoms with Gasteiger partial charge >= 0.3 is 0 Å². The molecule has 2 rings (SSSR count). The molecule has 0 aromatic carbocycles. The second-order valence-electron chi connectivity index (χ2n) is 5.51. The fraction of sp³-hybridized carbons (Fsp3) is 1.00.